The van der Waals surface area contributed by atoms with E-state index in [2.05, 4.69) is 23.8 Å². The van der Waals surface area contributed by atoms with Gasteiger partial charge in [0.2, 0.25) is 0 Å². The summed E-state index contributed by atoms with van der Waals surface area (Å²) in [6.07, 6.45) is 9.73. The van der Waals surface area contributed by atoms with Crippen molar-refractivity contribution in [1.29, 1.82) is 0 Å². The predicted octanol–water partition coefficient (Wildman–Crippen LogP) is 4.42. The molecular formula is C17H25N3S. The monoisotopic (exact) mass is 303 g/mol. The zero-order chi connectivity index (χ0) is 14.8. The van der Waals surface area contributed by atoms with Crippen molar-refractivity contribution in [2.24, 2.45) is 0 Å². The summed E-state index contributed by atoms with van der Waals surface area (Å²) in [7, 11) is 0. The number of hydrogen-bond donors (Lipinski definition) is 1. The van der Waals surface area contributed by atoms with Gasteiger partial charge in [0.25, 0.3) is 0 Å². The molecule has 3 rings (SSSR count). The molecule has 4 heteroatoms. The maximum atomic E-state index is 5.94. The second-order valence-corrected chi connectivity index (χ2v) is 7.10. The smallest absolute Gasteiger partial charge is 0.110 e. The van der Waals surface area contributed by atoms with Crippen molar-refractivity contribution < 1.29 is 0 Å². The number of thioether (sulfide) groups is 1. The van der Waals surface area contributed by atoms with Crippen LogP contribution in [0.4, 0.5) is 5.69 Å². The first kappa shape index (κ1) is 14.8. The van der Waals surface area contributed by atoms with Gasteiger partial charge in [0.05, 0.1) is 11.0 Å². The average molecular weight is 303 g/mol. The maximum Gasteiger partial charge on any atom is 0.110 e. The maximum absolute atomic E-state index is 5.94. The second kappa shape index (κ2) is 6.30. The lowest BCUT2D eigenvalue weighted by atomic mass is 9.94. The third-order valence-electron chi connectivity index (χ3n) is 4.56. The summed E-state index contributed by atoms with van der Waals surface area (Å²) < 4.78 is 2.53. The summed E-state index contributed by atoms with van der Waals surface area (Å²) in [5.74, 6) is 1.24. The number of hydrogen-bond acceptors (Lipinski definition) is 3. The fraction of sp³-hybridized carbons (Fsp3) is 0.588. The molecule has 21 heavy (non-hydrogen) atoms. The molecule has 1 fully saturated rings. The van der Waals surface area contributed by atoms with E-state index in [1.54, 1.807) is 0 Å². The van der Waals surface area contributed by atoms with Gasteiger partial charge < -0.3 is 10.3 Å². The van der Waals surface area contributed by atoms with E-state index in [1.165, 1.54) is 37.0 Å². The lowest BCUT2D eigenvalue weighted by molar-refractivity contribution is 0.363. The van der Waals surface area contributed by atoms with Crippen molar-refractivity contribution in [2.75, 3.05) is 12.0 Å². The molecule has 1 heterocycles. The number of rotatable bonds is 4. The van der Waals surface area contributed by atoms with Gasteiger partial charge >= 0.3 is 0 Å². The van der Waals surface area contributed by atoms with Crippen LogP contribution >= 0.6 is 11.8 Å². The fourth-order valence-corrected chi connectivity index (χ4v) is 4.56. The van der Waals surface area contributed by atoms with E-state index in [-0.39, 0.29) is 0 Å². The Labute approximate surface area is 131 Å². The molecule has 0 spiro atoms. The Hall–Kier alpha value is -1.16. The number of imidazole rings is 1. The molecule has 1 aromatic heterocycles. The van der Waals surface area contributed by atoms with E-state index >= 15 is 0 Å². The first-order valence-corrected chi connectivity index (χ1v) is 9.32. The molecule has 1 aromatic carbocycles. The van der Waals surface area contributed by atoms with Crippen LogP contribution in [0.2, 0.25) is 0 Å². The van der Waals surface area contributed by atoms with Gasteiger partial charge in [-0.15, -0.1) is 0 Å². The number of anilines is 1. The molecule has 1 saturated carbocycles. The summed E-state index contributed by atoms with van der Waals surface area (Å²) >= 11 is 2.02. The molecule has 0 amide bonds. The lowest BCUT2D eigenvalue weighted by Crippen LogP contribution is -2.26. The minimum atomic E-state index is 0.587. The topological polar surface area (TPSA) is 43.8 Å². The highest BCUT2D eigenvalue weighted by atomic mass is 32.2. The molecule has 0 bridgehead atoms. The van der Waals surface area contributed by atoms with Crippen LogP contribution in [0.15, 0.2) is 18.2 Å². The lowest BCUT2D eigenvalue weighted by Gasteiger charge is -2.33. The van der Waals surface area contributed by atoms with Crippen LogP contribution in [0.3, 0.4) is 0 Å². The standard InChI is InChI=1S/C17H25N3S/c1-3-6-17-19-13-11-12(18)9-10-14(13)20(17)15-7-4-5-8-16(15)21-2/h9-11,15-16H,3-8,18H2,1-2H3. The van der Waals surface area contributed by atoms with Crippen LogP contribution < -0.4 is 5.73 Å². The Morgan fingerprint density at radius 2 is 2.14 bits per heavy atom. The SMILES string of the molecule is CCCc1nc2cc(N)ccc2n1C1CCCCC1SC. The van der Waals surface area contributed by atoms with Crippen LogP contribution in [-0.2, 0) is 6.42 Å². The van der Waals surface area contributed by atoms with Crippen molar-refractivity contribution in [3.05, 3.63) is 24.0 Å². The van der Waals surface area contributed by atoms with Gasteiger partial charge in [-0.25, -0.2) is 4.98 Å². The average Bonchev–Trinajstić information content (AvgIpc) is 2.84. The van der Waals surface area contributed by atoms with Gasteiger partial charge in [-0.3, -0.25) is 0 Å². The van der Waals surface area contributed by atoms with Crippen LogP contribution in [0.5, 0.6) is 0 Å². The first-order valence-electron chi connectivity index (χ1n) is 8.03. The fourth-order valence-electron chi connectivity index (χ4n) is 3.58. The molecule has 0 aliphatic heterocycles. The highest BCUT2D eigenvalue weighted by Crippen LogP contribution is 2.38. The third kappa shape index (κ3) is 2.78. The minimum absolute atomic E-state index is 0.587. The van der Waals surface area contributed by atoms with Crippen molar-refractivity contribution in [3.63, 3.8) is 0 Å². The van der Waals surface area contributed by atoms with Crippen molar-refractivity contribution in [3.8, 4) is 0 Å². The summed E-state index contributed by atoms with van der Waals surface area (Å²) in [6, 6.07) is 6.77. The molecule has 2 aromatic rings. The number of nitrogens with zero attached hydrogens (tertiary/aromatic N) is 2. The Morgan fingerprint density at radius 1 is 1.33 bits per heavy atom. The molecule has 3 nitrogen and oxygen atoms in total. The van der Waals surface area contributed by atoms with E-state index in [1.807, 2.05) is 23.9 Å². The minimum Gasteiger partial charge on any atom is -0.399 e. The van der Waals surface area contributed by atoms with Gasteiger partial charge in [-0.05, 0) is 43.7 Å². The van der Waals surface area contributed by atoms with E-state index in [4.69, 9.17) is 10.7 Å². The number of nitrogens with two attached hydrogens (primary N) is 1. The van der Waals surface area contributed by atoms with Gasteiger partial charge in [0, 0.05) is 23.4 Å². The van der Waals surface area contributed by atoms with Gasteiger partial charge in [0.1, 0.15) is 5.82 Å². The normalized spacial score (nSPS) is 22.8. The molecule has 2 N–H and O–H groups in total. The Kier molecular flexibility index (Phi) is 4.43. The van der Waals surface area contributed by atoms with Crippen LogP contribution in [-0.4, -0.2) is 21.1 Å². The number of aryl methyl sites for hydroxylation is 1. The van der Waals surface area contributed by atoms with Gasteiger partial charge in [-0.2, -0.15) is 11.8 Å². The summed E-state index contributed by atoms with van der Waals surface area (Å²) in [6.45, 7) is 2.23. The summed E-state index contributed by atoms with van der Waals surface area (Å²) in [4.78, 5) is 4.88. The number of fused-ring (bicyclic) bond motifs is 1. The molecular weight excluding hydrogens is 278 g/mol. The largest absolute Gasteiger partial charge is 0.399 e. The summed E-state index contributed by atoms with van der Waals surface area (Å²) in [5.41, 5.74) is 9.06. The molecule has 1 aliphatic carbocycles. The second-order valence-electron chi connectivity index (χ2n) is 6.02. The summed E-state index contributed by atoms with van der Waals surface area (Å²) in [5, 5.41) is 0.712. The van der Waals surface area contributed by atoms with E-state index in [0.717, 1.165) is 24.0 Å². The molecule has 114 valence electrons. The van der Waals surface area contributed by atoms with Crippen LogP contribution in [0.1, 0.15) is 50.9 Å². The van der Waals surface area contributed by atoms with Crippen LogP contribution in [0.25, 0.3) is 11.0 Å². The van der Waals surface area contributed by atoms with E-state index in [0.29, 0.717) is 11.3 Å². The molecule has 1 aliphatic rings. The Balaban J connectivity index is 2.11. The van der Waals surface area contributed by atoms with Crippen molar-refractivity contribution in [2.45, 2.75) is 56.7 Å². The van der Waals surface area contributed by atoms with Crippen molar-refractivity contribution in [1.82, 2.24) is 9.55 Å². The van der Waals surface area contributed by atoms with E-state index in [9.17, 15) is 0 Å². The quantitative estimate of drug-likeness (QED) is 0.850. The zero-order valence-corrected chi connectivity index (χ0v) is 13.8. The zero-order valence-electron chi connectivity index (χ0n) is 13.0. The number of benzene rings is 1. The number of aromatic nitrogens is 2. The Morgan fingerprint density at radius 3 is 2.90 bits per heavy atom. The van der Waals surface area contributed by atoms with Gasteiger partial charge in [0.15, 0.2) is 0 Å². The van der Waals surface area contributed by atoms with Crippen LogP contribution in [0, 0.1) is 0 Å². The first-order chi connectivity index (χ1) is 10.2. The van der Waals surface area contributed by atoms with Gasteiger partial charge in [-0.1, -0.05) is 19.8 Å². The third-order valence-corrected chi connectivity index (χ3v) is 5.72. The number of nitrogen functional groups attached to an aromatic ring is 1. The molecule has 2 atom stereocenters. The predicted molar refractivity (Wildman–Crippen MR) is 92.9 cm³/mol. The molecule has 0 radical (unpaired) electrons. The highest BCUT2D eigenvalue weighted by molar-refractivity contribution is 7.99. The van der Waals surface area contributed by atoms with Crippen molar-refractivity contribution >= 4 is 28.5 Å². The van der Waals surface area contributed by atoms with E-state index < -0.39 is 0 Å². The highest BCUT2D eigenvalue weighted by Gasteiger charge is 2.28. The molecule has 0 saturated heterocycles. The molecule has 2 unspecified atom stereocenters. The Bertz CT molecular complexity index is 620.